The van der Waals surface area contributed by atoms with Gasteiger partial charge in [-0.2, -0.15) is 0 Å². The zero-order valence-corrected chi connectivity index (χ0v) is 13.7. The maximum atomic E-state index is 13.2. The summed E-state index contributed by atoms with van der Waals surface area (Å²) in [5.41, 5.74) is 2.21. The van der Waals surface area contributed by atoms with Crippen LogP contribution in [-0.4, -0.2) is 31.5 Å². The fourth-order valence-electron chi connectivity index (χ4n) is 3.24. The summed E-state index contributed by atoms with van der Waals surface area (Å²) in [7, 11) is 1.62. The monoisotopic (exact) mass is 346 g/mol. The van der Waals surface area contributed by atoms with E-state index in [2.05, 4.69) is 10.6 Å². The lowest BCUT2D eigenvalue weighted by Crippen LogP contribution is -2.42. The van der Waals surface area contributed by atoms with Crippen molar-refractivity contribution in [2.75, 3.05) is 13.7 Å². The zero-order valence-electron chi connectivity index (χ0n) is 12.9. The van der Waals surface area contributed by atoms with Crippen LogP contribution in [-0.2, 0) is 11.2 Å². The number of amides is 1. The molecule has 1 fully saturated rings. The minimum absolute atomic E-state index is 0. The molecule has 2 unspecified atom stereocenters. The molecule has 1 aromatic carbocycles. The van der Waals surface area contributed by atoms with E-state index in [4.69, 9.17) is 4.74 Å². The fraction of sp³-hybridized carbons (Fsp3) is 0.562. The van der Waals surface area contributed by atoms with Gasteiger partial charge in [0.15, 0.2) is 0 Å². The SMILES string of the molecule is COc1ccc2c(c1)CCCC2NC(=O)C1CC(F)(F)CN1.Cl. The predicted octanol–water partition coefficient (Wildman–Crippen LogP) is 2.61. The van der Waals surface area contributed by atoms with Crippen molar-refractivity contribution in [2.24, 2.45) is 0 Å². The van der Waals surface area contributed by atoms with Crippen LogP contribution >= 0.6 is 12.4 Å². The molecular weight excluding hydrogens is 326 g/mol. The standard InChI is InChI=1S/C16H20F2N2O2.ClH/c1-22-11-5-6-12-10(7-11)3-2-4-13(12)20-15(21)14-8-16(17,18)9-19-14;/h5-7,13-14,19H,2-4,8-9H2,1H3,(H,20,21);1H. The Hall–Kier alpha value is -1.40. The molecule has 1 heterocycles. The Morgan fingerprint density at radius 2 is 2.22 bits per heavy atom. The van der Waals surface area contributed by atoms with E-state index in [1.165, 1.54) is 0 Å². The first-order chi connectivity index (χ1) is 10.5. The smallest absolute Gasteiger partial charge is 0.262 e. The van der Waals surface area contributed by atoms with Crippen molar-refractivity contribution in [3.05, 3.63) is 29.3 Å². The second-order valence-electron chi connectivity index (χ2n) is 6.01. The van der Waals surface area contributed by atoms with E-state index in [0.717, 1.165) is 36.1 Å². The summed E-state index contributed by atoms with van der Waals surface area (Å²) in [6, 6.07) is 4.88. The fourth-order valence-corrected chi connectivity index (χ4v) is 3.24. The van der Waals surface area contributed by atoms with Crippen LogP contribution in [0.3, 0.4) is 0 Å². The minimum Gasteiger partial charge on any atom is -0.497 e. The molecule has 1 amide bonds. The van der Waals surface area contributed by atoms with Crippen molar-refractivity contribution in [1.29, 1.82) is 0 Å². The Balaban J connectivity index is 0.00000192. The van der Waals surface area contributed by atoms with Crippen molar-refractivity contribution in [2.45, 2.75) is 43.7 Å². The van der Waals surface area contributed by atoms with Gasteiger partial charge in [-0.15, -0.1) is 12.4 Å². The van der Waals surface area contributed by atoms with Gasteiger partial charge in [0.05, 0.1) is 25.7 Å². The van der Waals surface area contributed by atoms with E-state index in [-0.39, 0.29) is 24.4 Å². The summed E-state index contributed by atoms with van der Waals surface area (Å²) in [5.74, 6) is -2.34. The lowest BCUT2D eigenvalue weighted by molar-refractivity contribution is -0.124. The highest BCUT2D eigenvalue weighted by Crippen LogP contribution is 2.33. The third kappa shape index (κ3) is 3.93. The van der Waals surface area contributed by atoms with Gasteiger partial charge in [-0.3, -0.25) is 10.1 Å². The van der Waals surface area contributed by atoms with E-state index in [1.807, 2.05) is 18.2 Å². The summed E-state index contributed by atoms with van der Waals surface area (Å²) in [6.45, 7) is -0.427. The van der Waals surface area contributed by atoms with E-state index in [0.29, 0.717) is 0 Å². The molecule has 23 heavy (non-hydrogen) atoms. The van der Waals surface area contributed by atoms with Gasteiger partial charge >= 0.3 is 0 Å². The van der Waals surface area contributed by atoms with Crippen molar-refractivity contribution in [3.8, 4) is 5.75 Å². The summed E-state index contributed by atoms with van der Waals surface area (Å²) < 4.78 is 31.6. The Bertz CT molecular complexity index is 583. The van der Waals surface area contributed by atoms with E-state index in [1.54, 1.807) is 7.11 Å². The molecular formula is C16H21ClF2N2O2. The number of nitrogens with one attached hydrogen (secondary N) is 2. The van der Waals surface area contributed by atoms with Gasteiger partial charge in [0, 0.05) is 6.42 Å². The number of ether oxygens (including phenoxy) is 1. The highest BCUT2D eigenvalue weighted by atomic mass is 35.5. The first-order valence-electron chi connectivity index (χ1n) is 7.57. The lowest BCUT2D eigenvalue weighted by atomic mass is 9.87. The molecule has 0 bridgehead atoms. The first kappa shape index (κ1) is 17.9. The number of aryl methyl sites for hydroxylation is 1. The van der Waals surface area contributed by atoms with Gasteiger partial charge in [0.25, 0.3) is 5.92 Å². The molecule has 0 radical (unpaired) electrons. The molecule has 2 aliphatic rings. The molecule has 0 saturated carbocycles. The molecule has 2 atom stereocenters. The van der Waals surface area contributed by atoms with Crippen LogP contribution in [0.1, 0.15) is 36.4 Å². The maximum Gasteiger partial charge on any atom is 0.262 e. The molecule has 1 aliphatic heterocycles. The average molecular weight is 347 g/mol. The molecule has 0 aromatic heterocycles. The van der Waals surface area contributed by atoms with Crippen molar-refractivity contribution < 1.29 is 18.3 Å². The average Bonchev–Trinajstić information content (AvgIpc) is 2.87. The number of hydrogen-bond donors (Lipinski definition) is 2. The molecule has 1 aliphatic carbocycles. The number of fused-ring (bicyclic) bond motifs is 1. The quantitative estimate of drug-likeness (QED) is 0.884. The van der Waals surface area contributed by atoms with Crippen LogP contribution in [0.15, 0.2) is 18.2 Å². The van der Waals surface area contributed by atoms with Gasteiger partial charge in [-0.1, -0.05) is 6.07 Å². The van der Waals surface area contributed by atoms with Crippen molar-refractivity contribution in [3.63, 3.8) is 0 Å². The highest BCUT2D eigenvalue weighted by Gasteiger charge is 2.42. The number of halogens is 3. The molecule has 4 nitrogen and oxygen atoms in total. The summed E-state index contributed by atoms with van der Waals surface area (Å²) in [4.78, 5) is 12.2. The Morgan fingerprint density at radius 3 is 2.87 bits per heavy atom. The van der Waals surface area contributed by atoms with Crippen molar-refractivity contribution in [1.82, 2.24) is 10.6 Å². The Morgan fingerprint density at radius 1 is 1.43 bits per heavy atom. The largest absolute Gasteiger partial charge is 0.497 e. The summed E-state index contributed by atoms with van der Waals surface area (Å²) in [6.07, 6.45) is 2.30. The molecule has 128 valence electrons. The maximum absolute atomic E-state index is 13.2. The van der Waals surface area contributed by atoms with Crippen LogP contribution in [0, 0.1) is 0 Å². The van der Waals surface area contributed by atoms with Crippen LogP contribution in [0.25, 0.3) is 0 Å². The second-order valence-corrected chi connectivity index (χ2v) is 6.01. The number of rotatable bonds is 3. The minimum atomic E-state index is -2.79. The molecule has 3 rings (SSSR count). The van der Waals surface area contributed by atoms with Crippen molar-refractivity contribution >= 4 is 18.3 Å². The topological polar surface area (TPSA) is 50.4 Å². The molecule has 7 heteroatoms. The molecule has 1 aromatic rings. The molecule has 0 spiro atoms. The third-order valence-electron chi connectivity index (χ3n) is 4.41. The Kier molecular flexibility index (Phi) is 5.47. The van der Waals surface area contributed by atoms with E-state index in [9.17, 15) is 13.6 Å². The number of carbonyl (C=O) groups is 1. The summed E-state index contributed by atoms with van der Waals surface area (Å²) >= 11 is 0. The van der Waals surface area contributed by atoms with E-state index >= 15 is 0 Å². The zero-order chi connectivity index (χ0) is 15.7. The van der Waals surface area contributed by atoms with Crippen LogP contribution < -0.4 is 15.4 Å². The molecule has 2 N–H and O–H groups in total. The summed E-state index contributed by atoms with van der Waals surface area (Å²) in [5, 5.41) is 5.51. The number of carbonyl (C=O) groups excluding carboxylic acids is 1. The van der Waals surface area contributed by atoms with Gasteiger partial charge < -0.3 is 10.1 Å². The first-order valence-corrected chi connectivity index (χ1v) is 7.57. The second kappa shape index (κ2) is 7.01. The van der Waals surface area contributed by atoms with Gasteiger partial charge in [-0.05, 0) is 42.5 Å². The predicted molar refractivity (Wildman–Crippen MR) is 85.4 cm³/mol. The number of hydrogen-bond acceptors (Lipinski definition) is 3. The van der Waals surface area contributed by atoms with Gasteiger partial charge in [-0.25, -0.2) is 8.78 Å². The molecule has 1 saturated heterocycles. The van der Waals surface area contributed by atoms with Crippen LogP contribution in [0.4, 0.5) is 8.78 Å². The van der Waals surface area contributed by atoms with Gasteiger partial charge in [0.2, 0.25) is 5.91 Å². The number of methoxy groups -OCH3 is 1. The highest BCUT2D eigenvalue weighted by molar-refractivity contribution is 5.85. The van der Waals surface area contributed by atoms with Crippen LogP contribution in [0.5, 0.6) is 5.75 Å². The number of benzene rings is 1. The van der Waals surface area contributed by atoms with Crippen LogP contribution in [0.2, 0.25) is 0 Å². The lowest BCUT2D eigenvalue weighted by Gasteiger charge is -2.27. The Labute approximate surface area is 140 Å². The normalized spacial score (nSPS) is 25.2. The van der Waals surface area contributed by atoms with Gasteiger partial charge in [0.1, 0.15) is 5.75 Å². The third-order valence-corrected chi connectivity index (χ3v) is 4.41. The van der Waals surface area contributed by atoms with E-state index < -0.39 is 24.9 Å². The number of alkyl halides is 2.